The van der Waals surface area contributed by atoms with Gasteiger partial charge in [0.2, 0.25) is 5.91 Å². The van der Waals surface area contributed by atoms with Gasteiger partial charge in [-0.3, -0.25) is 4.79 Å². The van der Waals surface area contributed by atoms with E-state index in [2.05, 4.69) is 67.8 Å². The standard InChI is InChI=1S/C60H109NO8/c1-3-5-7-9-11-13-15-17-19-21-22-23-24-25-26-27-28-29-30-31-32-34-35-37-39-41-43-45-47-49-54(63)53(52-68-60-59(67)58(66)57(65)55(51-62)69-60)61-56(64)50-48-46-44-42-40-38-36-33-20-18-16-14-12-10-8-6-4-2/h6,8,12,14,18,20,39,41,47,49,53-55,57-60,62-63,65-67H,3-5,7,9-11,13,15-17,19,21-38,40,42-46,48,50-52H2,1-2H3,(H,61,64)/b8-6-,14-12-,20-18-,41-39+,49-47+. The van der Waals surface area contributed by atoms with Gasteiger partial charge in [-0.05, 0) is 64.2 Å². The minimum absolute atomic E-state index is 0.197. The number of hydrogen-bond acceptors (Lipinski definition) is 8. The fourth-order valence-electron chi connectivity index (χ4n) is 9.01. The molecule has 1 aliphatic heterocycles. The highest BCUT2D eigenvalue weighted by molar-refractivity contribution is 5.76. The molecule has 0 saturated carbocycles. The number of ether oxygens (including phenoxy) is 2. The summed E-state index contributed by atoms with van der Waals surface area (Å²) >= 11 is 0. The maximum atomic E-state index is 13.0. The van der Waals surface area contributed by atoms with Crippen LogP contribution in [-0.2, 0) is 14.3 Å². The maximum Gasteiger partial charge on any atom is 0.220 e. The smallest absolute Gasteiger partial charge is 0.220 e. The number of amides is 1. The third-order valence-corrected chi connectivity index (χ3v) is 13.6. The van der Waals surface area contributed by atoms with Gasteiger partial charge in [-0.15, -0.1) is 0 Å². The minimum atomic E-state index is -1.58. The van der Waals surface area contributed by atoms with Crippen LogP contribution in [-0.4, -0.2) is 87.5 Å². The molecule has 1 aliphatic rings. The van der Waals surface area contributed by atoms with E-state index in [-0.39, 0.29) is 12.5 Å². The van der Waals surface area contributed by atoms with Gasteiger partial charge in [0.15, 0.2) is 6.29 Å². The van der Waals surface area contributed by atoms with E-state index in [9.17, 15) is 30.3 Å². The quantitative estimate of drug-likeness (QED) is 0.0261. The summed E-state index contributed by atoms with van der Waals surface area (Å²) in [5, 5.41) is 54.5. The molecule has 1 rings (SSSR count). The first-order valence-corrected chi connectivity index (χ1v) is 29.0. The molecule has 1 amide bonds. The van der Waals surface area contributed by atoms with E-state index in [4.69, 9.17) is 9.47 Å². The Labute approximate surface area is 424 Å². The predicted octanol–water partition coefficient (Wildman–Crippen LogP) is 14.3. The van der Waals surface area contributed by atoms with Crippen LogP contribution in [0.4, 0.5) is 0 Å². The first-order valence-electron chi connectivity index (χ1n) is 29.0. The van der Waals surface area contributed by atoms with Gasteiger partial charge >= 0.3 is 0 Å². The van der Waals surface area contributed by atoms with Crippen molar-refractivity contribution in [2.75, 3.05) is 13.2 Å². The number of allylic oxidation sites excluding steroid dienone is 9. The maximum absolute atomic E-state index is 13.0. The SMILES string of the molecule is CC/C=C\C/C=C\C/C=C\CCCCCCCCCC(=O)NC(COC1OC(CO)C(O)C(O)C1O)C(O)/C=C/CC/C=C/CCCCCCCCCCCCCCCCCCCCCCCCC. The fourth-order valence-corrected chi connectivity index (χ4v) is 9.01. The van der Waals surface area contributed by atoms with Crippen LogP contribution in [0.1, 0.15) is 258 Å². The molecule has 1 fully saturated rings. The van der Waals surface area contributed by atoms with Crippen molar-refractivity contribution >= 4 is 5.91 Å². The van der Waals surface area contributed by atoms with Crippen LogP contribution in [0.25, 0.3) is 0 Å². The van der Waals surface area contributed by atoms with Gasteiger partial charge in [0.1, 0.15) is 24.4 Å². The number of carbonyl (C=O) groups is 1. The van der Waals surface area contributed by atoms with Crippen molar-refractivity contribution in [3.63, 3.8) is 0 Å². The number of aliphatic hydroxyl groups is 5. The minimum Gasteiger partial charge on any atom is -0.394 e. The highest BCUT2D eigenvalue weighted by atomic mass is 16.7. The summed E-state index contributed by atoms with van der Waals surface area (Å²) in [4.78, 5) is 13.0. The third-order valence-electron chi connectivity index (χ3n) is 13.6. The molecule has 1 saturated heterocycles. The summed E-state index contributed by atoms with van der Waals surface area (Å²) in [6.45, 7) is 3.66. The van der Waals surface area contributed by atoms with Gasteiger partial charge in [-0.1, -0.05) is 248 Å². The Kier molecular flexibility index (Phi) is 46.5. The highest BCUT2D eigenvalue weighted by Crippen LogP contribution is 2.23. The molecule has 0 radical (unpaired) electrons. The Morgan fingerprint density at radius 2 is 0.913 bits per heavy atom. The monoisotopic (exact) mass is 972 g/mol. The molecule has 402 valence electrons. The molecule has 7 unspecified atom stereocenters. The first-order chi connectivity index (χ1) is 33.8. The summed E-state index contributed by atoms with van der Waals surface area (Å²) in [6, 6.07) is -0.830. The zero-order valence-corrected chi connectivity index (χ0v) is 44.6. The van der Waals surface area contributed by atoms with E-state index >= 15 is 0 Å². The number of rotatable bonds is 49. The molecule has 0 aromatic heterocycles. The Balaban J connectivity index is 2.22. The number of unbranched alkanes of at least 4 members (excludes halogenated alkanes) is 31. The van der Waals surface area contributed by atoms with Crippen molar-refractivity contribution < 1.29 is 39.8 Å². The fraction of sp³-hybridized carbons (Fsp3) is 0.817. The van der Waals surface area contributed by atoms with Crippen molar-refractivity contribution in [3.05, 3.63) is 60.8 Å². The van der Waals surface area contributed by atoms with E-state index in [1.807, 2.05) is 6.08 Å². The van der Waals surface area contributed by atoms with Crippen molar-refractivity contribution in [1.82, 2.24) is 5.32 Å². The topological polar surface area (TPSA) is 149 Å². The number of hydrogen-bond donors (Lipinski definition) is 6. The van der Waals surface area contributed by atoms with E-state index in [1.165, 1.54) is 167 Å². The lowest BCUT2D eigenvalue weighted by atomic mass is 9.99. The average molecular weight is 973 g/mol. The van der Waals surface area contributed by atoms with E-state index < -0.39 is 49.5 Å². The van der Waals surface area contributed by atoms with Crippen LogP contribution in [0.3, 0.4) is 0 Å². The van der Waals surface area contributed by atoms with Crippen LogP contribution >= 0.6 is 0 Å². The molecule has 7 atom stereocenters. The Bertz CT molecular complexity index is 1270. The van der Waals surface area contributed by atoms with Gasteiger partial charge in [-0.25, -0.2) is 0 Å². The van der Waals surface area contributed by atoms with Crippen LogP contribution in [0.5, 0.6) is 0 Å². The van der Waals surface area contributed by atoms with E-state index in [1.54, 1.807) is 6.08 Å². The second-order valence-corrected chi connectivity index (χ2v) is 20.0. The molecule has 0 spiro atoms. The Morgan fingerprint density at radius 1 is 0.507 bits per heavy atom. The molecule has 6 N–H and O–H groups in total. The zero-order chi connectivity index (χ0) is 50.1. The molecular weight excluding hydrogens is 863 g/mol. The molecule has 9 heteroatoms. The molecule has 9 nitrogen and oxygen atoms in total. The summed E-state index contributed by atoms with van der Waals surface area (Å²) in [5.41, 5.74) is 0. The zero-order valence-electron chi connectivity index (χ0n) is 44.6. The lowest BCUT2D eigenvalue weighted by Gasteiger charge is -2.40. The van der Waals surface area contributed by atoms with Crippen molar-refractivity contribution in [2.24, 2.45) is 0 Å². The number of carbonyl (C=O) groups excluding carboxylic acids is 1. The second kappa shape index (κ2) is 49.5. The summed E-state index contributed by atoms with van der Waals surface area (Å²) in [6.07, 6.45) is 60.1. The first kappa shape index (κ1) is 64.9. The highest BCUT2D eigenvalue weighted by Gasteiger charge is 2.44. The normalized spacial score (nSPS) is 19.9. The molecule has 0 aliphatic carbocycles. The van der Waals surface area contributed by atoms with Crippen molar-refractivity contribution in [3.8, 4) is 0 Å². The largest absolute Gasteiger partial charge is 0.394 e. The molecule has 0 aromatic rings. The van der Waals surface area contributed by atoms with Gasteiger partial charge in [-0.2, -0.15) is 0 Å². The summed E-state index contributed by atoms with van der Waals surface area (Å²) in [7, 11) is 0. The molecular formula is C60H109NO8. The molecule has 0 aromatic carbocycles. The molecule has 0 bridgehead atoms. The summed E-state index contributed by atoms with van der Waals surface area (Å²) in [5.74, 6) is -0.197. The lowest BCUT2D eigenvalue weighted by Crippen LogP contribution is -2.60. The van der Waals surface area contributed by atoms with Crippen LogP contribution in [0.2, 0.25) is 0 Å². The van der Waals surface area contributed by atoms with Crippen molar-refractivity contribution in [2.45, 2.75) is 301 Å². The number of aliphatic hydroxyl groups excluding tert-OH is 5. The van der Waals surface area contributed by atoms with E-state index in [0.717, 1.165) is 70.6 Å². The number of nitrogens with one attached hydrogen (secondary N) is 1. The molecule has 69 heavy (non-hydrogen) atoms. The van der Waals surface area contributed by atoms with Crippen molar-refractivity contribution in [1.29, 1.82) is 0 Å². The van der Waals surface area contributed by atoms with Gasteiger partial charge in [0.25, 0.3) is 0 Å². The summed E-state index contributed by atoms with van der Waals surface area (Å²) < 4.78 is 11.2. The van der Waals surface area contributed by atoms with Crippen LogP contribution in [0.15, 0.2) is 60.8 Å². The van der Waals surface area contributed by atoms with Crippen LogP contribution in [0, 0.1) is 0 Å². The Hall–Kier alpha value is -2.11. The van der Waals surface area contributed by atoms with Gasteiger partial charge < -0.3 is 40.3 Å². The van der Waals surface area contributed by atoms with Gasteiger partial charge in [0, 0.05) is 6.42 Å². The predicted molar refractivity (Wildman–Crippen MR) is 290 cm³/mol. The second-order valence-electron chi connectivity index (χ2n) is 20.0. The van der Waals surface area contributed by atoms with Crippen LogP contribution < -0.4 is 5.32 Å². The molecule has 1 heterocycles. The van der Waals surface area contributed by atoms with Gasteiger partial charge in [0.05, 0.1) is 25.4 Å². The average Bonchev–Trinajstić information content (AvgIpc) is 3.35. The third kappa shape index (κ3) is 39.1. The Morgan fingerprint density at radius 3 is 1.39 bits per heavy atom. The lowest BCUT2D eigenvalue weighted by molar-refractivity contribution is -0.302. The van der Waals surface area contributed by atoms with E-state index in [0.29, 0.717) is 6.42 Å².